The van der Waals surface area contributed by atoms with Gasteiger partial charge in [0.2, 0.25) is 5.95 Å². The zero-order valence-electron chi connectivity index (χ0n) is 15.7. The Kier molecular flexibility index (Phi) is 6.45. The lowest BCUT2D eigenvalue weighted by Gasteiger charge is -2.10. The van der Waals surface area contributed by atoms with Crippen molar-refractivity contribution in [2.24, 2.45) is 0 Å². The number of carbonyl (C=O) groups is 1. The Bertz CT molecular complexity index is 978. The zero-order valence-corrected chi connectivity index (χ0v) is 16.5. The van der Waals surface area contributed by atoms with Crippen LogP contribution in [0.1, 0.15) is 21.7 Å². The molecule has 1 amide bonds. The first kappa shape index (κ1) is 19.6. The van der Waals surface area contributed by atoms with Gasteiger partial charge >= 0.3 is 0 Å². The number of hydrogen-bond acceptors (Lipinski definition) is 5. The second-order valence-electron chi connectivity index (χ2n) is 6.21. The molecular formula is C21H21ClN4O2. The van der Waals surface area contributed by atoms with Crippen LogP contribution in [0.3, 0.4) is 0 Å². The number of aryl methyl sites for hydroxylation is 1. The van der Waals surface area contributed by atoms with Gasteiger partial charge in [0.05, 0.1) is 7.11 Å². The summed E-state index contributed by atoms with van der Waals surface area (Å²) < 4.78 is 5.21. The fourth-order valence-electron chi connectivity index (χ4n) is 2.67. The van der Waals surface area contributed by atoms with Crippen molar-refractivity contribution >= 4 is 29.1 Å². The van der Waals surface area contributed by atoms with Crippen LogP contribution in [-0.4, -0.2) is 29.5 Å². The summed E-state index contributed by atoms with van der Waals surface area (Å²) in [7, 11) is 1.61. The third-order valence-electron chi connectivity index (χ3n) is 4.00. The van der Waals surface area contributed by atoms with Crippen molar-refractivity contribution in [1.82, 2.24) is 15.3 Å². The van der Waals surface area contributed by atoms with Gasteiger partial charge in [0.25, 0.3) is 5.91 Å². The highest BCUT2D eigenvalue weighted by Crippen LogP contribution is 2.19. The number of aromatic nitrogens is 2. The molecule has 0 saturated carbocycles. The van der Waals surface area contributed by atoms with Gasteiger partial charge in [0, 0.05) is 29.0 Å². The summed E-state index contributed by atoms with van der Waals surface area (Å²) >= 11 is 5.98. The molecule has 1 heterocycles. The Morgan fingerprint density at radius 3 is 2.71 bits per heavy atom. The maximum atomic E-state index is 12.5. The first-order chi connectivity index (χ1) is 13.5. The first-order valence-electron chi connectivity index (χ1n) is 8.83. The molecule has 7 heteroatoms. The minimum atomic E-state index is -0.249. The number of methoxy groups -OCH3 is 1. The van der Waals surface area contributed by atoms with Gasteiger partial charge < -0.3 is 15.4 Å². The van der Waals surface area contributed by atoms with E-state index in [0.29, 0.717) is 35.3 Å². The van der Waals surface area contributed by atoms with Gasteiger partial charge in [-0.1, -0.05) is 29.8 Å². The van der Waals surface area contributed by atoms with Crippen LogP contribution in [0.25, 0.3) is 0 Å². The molecule has 144 valence electrons. The summed E-state index contributed by atoms with van der Waals surface area (Å²) in [5.41, 5.74) is 2.84. The molecule has 2 aromatic carbocycles. The van der Waals surface area contributed by atoms with Gasteiger partial charge in [-0.05, 0) is 49.2 Å². The first-order valence-corrected chi connectivity index (χ1v) is 9.21. The molecular weight excluding hydrogens is 376 g/mol. The number of carbonyl (C=O) groups excluding carboxylic acids is 1. The molecule has 3 aromatic rings. The average molecular weight is 397 g/mol. The van der Waals surface area contributed by atoms with Gasteiger partial charge in [-0.15, -0.1) is 0 Å². The molecule has 2 N–H and O–H groups in total. The van der Waals surface area contributed by atoms with Crippen LogP contribution < -0.4 is 15.4 Å². The Balaban J connectivity index is 1.65. The summed E-state index contributed by atoms with van der Waals surface area (Å²) in [6.45, 7) is 2.31. The summed E-state index contributed by atoms with van der Waals surface area (Å²) in [6.07, 6.45) is 0.686. The monoisotopic (exact) mass is 396 g/mol. The third-order valence-corrected chi connectivity index (χ3v) is 4.24. The Hall–Kier alpha value is -3.12. The predicted octanol–water partition coefficient (Wildman–Crippen LogP) is 4.16. The topological polar surface area (TPSA) is 76.1 Å². The number of benzene rings is 2. The van der Waals surface area contributed by atoms with Gasteiger partial charge in [0.1, 0.15) is 11.4 Å². The van der Waals surface area contributed by atoms with E-state index in [0.717, 1.165) is 17.0 Å². The number of nitrogens with zero attached hydrogens (tertiary/aromatic N) is 2. The number of halogens is 1. The van der Waals surface area contributed by atoms with Crippen molar-refractivity contribution in [2.75, 3.05) is 19.0 Å². The van der Waals surface area contributed by atoms with Crippen molar-refractivity contribution in [3.05, 3.63) is 76.6 Å². The summed E-state index contributed by atoms with van der Waals surface area (Å²) in [5, 5.41) is 6.67. The lowest BCUT2D eigenvalue weighted by molar-refractivity contribution is 0.0949. The second kappa shape index (κ2) is 9.19. The molecule has 1 aromatic heterocycles. The highest BCUT2D eigenvalue weighted by atomic mass is 35.5. The molecule has 0 saturated heterocycles. The molecule has 0 spiro atoms. The highest BCUT2D eigenvalue weighted by Gasteiger charge is 2.11. The number of amides is 1. The molecule has 0 aliphatic rings. The van der Waals surface area contributed by atoms with E-state index in [1.54, 1.807) is 13.2 Å². The van der Waals surface area contributed by atoms with Crippen LogP contribution in [0, 0.1) is 6.92 Å². The molecule has 3 rings (SSSR count). The van der Waals surface area contributed by atoms with E-state index >= 15 is 0 Å². The summed E-state index contributed by atoms with van der Waals surface area (Å²) in [5.74, 6) is 0.825. The van der Waals surface area contributed by atoms with Crippen molar-refractivity contribution in [1.29, 1.82) is 0 Å². The van der Waals surface area contributed by atoms with Crippen LogP contribution in [0.2, 0.25) is 5.02 Å². The average Bonchev–Trinajstić information content (AvgIpc) is 2.67. The Morgan fingerprint density at radius 1 is 1.11 bits per heavy atom. The van der Waals surface area contributed by atoms with E-state index in [1.807, 2.05) is 55.5 Å². The number of ether oxygens (including phenoxy) is 1. The minimum absolute atomic E-state index is 0.249. The van der Waals surface area contributed by atoms with Crippen LogP contribution in [0.4, 0.5) is 11.6 Å². The maximum Gasteiger partial charge on any atom is 0.270 e. The Morgan fingerprint density at radius 2 is 1.93 bits per heavy atom. The van der Waals surface area contributed by atoms with Crippen LogP contribution in [-0.2, 0) is 6.42 Å². The maximum absolute atomic E-state index is 12.5. The number of anilines is 2. The Labute approximate surface area is 168 Å². The van der Waals surface area contributed by atoms with Gasteiger partial charge in [-0.3, -0.25) is 4.79 Å². The molecule has 0 aliphatic heterocycles. The molecule has 0 radical (unpaired) electrons. The fraction of sp³-hybridized carbons (Fsp3) is 0.190. The molecule has 28 heavy (non-hydrogen) atoms. The molecule has 6 nitrogen and oxygen atoms in total. The van der Waals surface area contributed by atoms with E-state index < -0.39 is 0 Å². The van der Waals surface area contributed by atoms with Gasteiger partial charge in [-0.25, -0.2) is 9.97 Å². The molecule has 0 bridgehead atoms. The molecule has 0 unspecified atom stereocenters. The minimum Gasteiger partial charge on any atom is -0.497 e. The van der Waals surface area contributed by atoms with Crippen LogP contribution in [0.15, 0.2) is 54.6 Å². The van der Waals surface area contributed by atoms with E-state index in [1.165, 1.54) is 0 Å². The van der Waals surface area contributed by atoms with Gasteiger partial charge in [0.15, 0.2) is 0 Å². The standard InChI is InChI=1S/C21H21ClN4O2/c1-14-11-19(20(27)23-10-9-15-5-3-6-16(22)12-15)26-21(24-14)25-17-7-4-8-18(13-17)28-2/h3-8,11-13H,9-10H2,1-2H3,(H,23,27)(H,24,25,26). The normalized spacial score (nSPS) is 10.4. The third kappa shape index (κ3) is 5.44. The second-order valence-corrected chi connectivity index (χ2v) is 6.65. The predicted molar refractivity (Wildman–Crippen MR) is 111 cm³/mol. The van der Waals surface area contributed by atoms with Crippen molar-refractivity contribution in [3.8, 4) is 5.75 Å². The number of rotatable bonds is 7. The van der Waals surface area contributed by atoms with Crippen molar-refractivity contribution in [3.63, 3.8) is 0 Å². The summed E-state index contributed by atoms with van der Waals surface area (Å²) in [4.78, 5) is 21.2. The van der Waals surface area contributed by atoms with Crippen LogP contribution >= 0.6 is 11.6 Å². The fourth-order valence-corrected chi connectivity index (χ4v) is 2.89. The smallest absolute Gasteiger partial charge is 0.270 e. The SMILES string of the molecule is COc1cccc(Nc2nc(C)cc(C(=O)NCCc3cccc(Cl)c3)n2)c1. The molecule has 0 fully saturated rings. The lowest BCUT2D eigenvalue weighted by Crippen LogP contribution is -2.27. The van der Waals surface area contributed by atoms with Crippen molar-refractivity contribution in [2.45, 2.75) is 13.3 Å². The number of nitrogens with one attached hydrogen (secondary N) is 2. The van der Waals surface area contributed by atoms with E-state index in [-0.39, 0.29) is 5.91 Å². The number of hydrogen-bond donors (Lipinski definition) is 2. The lowest BCUT2D eigenvalue weighted by atomic mass is 10.1. The van der Waals surface area contributed by atoms with E-state index in [2.05, 4.69) is 20.6 Å². The summed E-state index contributed by atoms with van der Waals surface area (Å²) in [6, 6.07) is 16.7. The van der Waals surface area contributed by atoms with Crippen LogP contribution in [0.5, 0.6) is 5.75 Å². The quantitative estimate of drug-likeness (QED) is 0.627. The van der Waals surface area contributed by atoms with E-state index in [4.69, 9.17) is 16.3 Å². The highest BCUT2D eigenvalue weighted by molar-refractivity contribution is 6.30. The largest absolute Gasteiger partial charge is 0.497 e. The molecule has 0 atom stereocenters. The van der Waals surface area contributed by atoms with Crippen molar-refractivity contribution < 1.29 is 9.53 Å². The zero-order chi connectivity index (χ0) is 19.9. The molecule has 0 aliphatic carbocycles. The van der Waals surface area contributed by atoms with E-state index in [9.17, 15) is 4.79 Å². The van der Waals surface area contributed by atoms with Gasteiger partial charge in [-0.2, -0.15) is 0 Å².